The molecule has 0 atom stereocenters. The third kappa shape index (κ3) is 4.04. The molecule has 0 aliphatic rings. The number of benzene rings is 2. The molecule has 0 aliphatic carbocycles. The molecule has 25 heavy (non-hydrogen) atoms. The molecular formula is C17H15N3O4S. The van der Waals surface area contributed by atoms with Crippen LogP contribution in [0.1, 0.15) is 11.3 Å². The smallest absolute Gasteiger partial charge is 0.263 e. The zero-order valence-corrected chi connectivity index (χ0v) is 14.1. The summed E-state index contributed by atoms with van der Waals surface area (Å²) in [5.74, 6) is 0.753. The van der Waals surface area contributed by atoms with Gasteiger partial charge < -0.3 is 9.63 Å². The van der Waals surface area contributed by atoms with E-state index in [0.717, 1.165) is 0 Å². The van der Waals surface area contributed by atoms with Crippen molar-refractivity contribution in [2.75, 3.05) is 4.72 Å². The second-order valence-corrected chi connectivity index (χ2v) is 6.92. The molecule has 0 amide bonds. The highest BCUT2D eigenvalue weighted by Gasteiger charge is 2.15. The van der Waals surface area contributed by atoms with Crippen LogP contribution in [0.3, 0.4) is 0 Å². The number of aryl methyl sites for hydroxylation is 1. The molecule has 8 heteroatoms. The fraction of sp³-hybridized carbons (Fsp3) is 0.0588. The summed E-state index contributed by atoms with van der Waals surface area (Å²) in [6.45, 7) is 1.67. The number of hydrogen-bond acceptors (Lipinski definition) is 6. The molecule has 1 aromatic heterocycles. The van der Waals surface area contributed by atoms with Gasteiger partial charge in [-0.25, -0.2) is 8.42 Å². The number of aromatic hydroxyl groups is 1. The van der Waals surface area contributed by atoms with Gasteiger partial charge in [0, 0.05) is 17.8 Å². The van der Waals surface area contributed by atoms with Crippen LogP contribution < -0.4 is 4.72 Å². The van der Waals surface area contributed by atoms with Crippen LogP contribution in [0, 0.1) is 6.92 Å². The summed E-state index contributed by atoms with van der Waals surface area (Å²) in [6.07, 6.45) is 1.51. The number of nitrogens with one attached hydrogen (secondary N) is 1. The molecule has 0 fully saturated rings. The van der Waals surface area contributed by atoms with Gasteiger partial charge in [0.15, 0.2) is 5.82 Å². The Bertz CT molecular complexity index is 1010. The lowest BCUT2D eigenvalue weighted by molar-refractivity contribution is 0.400. The van der Waals surface area contributed by atoms with Crippen molar-refractivity contribution in [3.8, 4) is 5.75 Å². The van der Waals surface area contributed by atoms with Gasteiger partial charge >= 0.3 is 0 Å². The van der Waals surface area contributed by atoms with Crippen molar-refractivity contribution in [3.63, 3.8) is 0 Å². The highest BCUT2D eigenvalue weighted by atomic mass is 32.2. The van der Waals surface area contributed by atoms with E-state index in [4.69, 9.17) is 4.52 Å². The number of sulfonamides is 1. The number of para-hydroxylation sites is 1. The Morgan fingerprint density at radius 1 is 1.16 bits per heavy atom. The van der Waals surface area contributed by atoms with Gasteiger partial charge in [-0.15, -0.1) is 0 Å². The van der Waals surface area contributed by atoms with E-state index in [2.05, 4.69) is 14.9 Å². The van der Waals surface area contributed by atoms with E-state index in [9.17, 15) is 13.5 Å². The molecule has 0 saturated heterocycles. The first-order chi connectivity index (χ1) is 11.9. The van der Waals surface area contributed by atoms with Gasteiger partial charge in [-0.2, -0.15) is 0 Å². The SMILES string of the molecule is Cc1cc(NS(=O)(=O)c2ccc(N=Cc3ccccc3O)cc2)no1. The average molecular weight is 357 g/mol. The number of phenols is 1. The molecule has 2 aromatic carbocycles. The monoisotopic (exact) mass is 357 g/mol. The van der Waals surface area contributed by atoms with Crippen molar-refractivity contribution in [2.45, 2.75) is 11.8 Å². The van der Waals surface area contributed by atoms with Gasteiger partial charge in [0.25, 0.3) is 10.0 Å². The van der Waals surface area contributed by atoms with Crippen molar-refractivity contribution < 1.29 is 18.0 Å². The van der Waals surface area contributed by atoms with Crippen LogP contribution in [-0.2, 0) is 10.0 Å². The summed E-state index contributed by atoms with van der Waals surface area (Å²) in [5.41, 5.74) is 1.13. The third-order valence-electron chi connectivity index (χ3n) is 3.30. The first kappa shape index (κ1) is 16.7. The van der Waals surface area contributed by atoms with Crippen molar-refractivity contribution >= 4 is 27.7 Å². The lowest BCUT2D eigenvalue weighted by Gasteiger charge is -2.05. The van der Waals surface area contributed by atoms with Gasteiger partial charge in [0.1, 0.15) is 11.5 Å². The number of aromatic nitrogens is 1. The largest absolute Gasteiger partial charge is 0.507 e. The molecular weight excluding hydrogens is 342 g/mol. The third-order valence-corrected chi connectivity index (χ3v) is 4.67. The average Bonchev–Trinajstić information content (AvgIpc) is 2.99. The van der Waals surface area contributed by atoms with Gasteiger partial charge in [-0.1, -0.05) is 17.3 Å². The highest BCUT2D eigenvalue weighted by Crippen LogP contribution is 2.20. The van der Waals surface area contributed by atoms with E-state index in [1.165, 1.54) is 24.4 Å². The number of phenolic OH excluding ortho intramolecular Hbond substituents is 1. The Morgan fingerprint density at radius 3 is 2.52 bits per heavy atom. The molecule has 0 radical (unpaired) electrons. The van der Waals surface area contributed by atoms with E-state index in [1.54, 1.807) is 43.3 Å². The minimum absolute atomic E-state index is 0.0784. The predicted molar refractivity (Wildman–Crippen MR) is 93.9 cm³/mol. The fourth-order valence-electron chi connectivity index (χ4n) is 2.06. The first-order valence-electron chi connectivity index (χ1n) is 7.32. The number of aliphatic imine (C=N–C) groups is 1. The van der Waals surface area contributed by atoms with E-state index in [1.807, 2.05) is 0 Å². The molecule has 0 saturated carbocycles. The number of hydrogen-bond donors (Lipinski definition) is 2. The molecule has 2 N–H and O–H groups in total. The quantitative estimate of drug-likeness (QED) is 0.682. The Hall–Kier alpha value is -3.13. The standard InChI is InChI=1S/C17H15N3O4S/c1-12-10-17(19-24-12)20-25(22,23)15-8-6-14(7-9-15)18-11-13-4-2-3-5-16(13)21/h2-11,21H,1H3,(H,19,20). The lowest BCUT2D eigenvalue weighted by atomic mass is 10.2. The highest BCUT2D eigenvalue weighted by molar-refractivity contribution is 7.92. The zero-order valence-electron chi connectivity index (χ0n) is 13.2. The molecule has 128 valence electrons. The summed E-state index contributed by atoms with van der Waals surface area (Å²) >= 11 is 0. The van der Waals surface area contributed by atoms with E-state index in [0.29, 0.717) is 17.0 Å². The minimum atomic E-state index is -3.75. The number of nitrogens with zero attached hydrogens (tertiary/aromatic N) is 2. The Morgan fingerprint density at radius 2 is 1.88 bits per heavy atom. The van der Waals surface area contributed by atoms with E-state index in [-0.39, 0.29) is 16.5 Å². The summed E-state index contributed by atoms with van der Waals surface area (Å²) in [5, 5.41) is 13.3. The van der Waals surface area contributed by atoms with Crippen molar-refractivity contribution in [3.05, 3.63) is 65.9 Å². The van der Waals surface area contributed by atoms with Gasteiger partial charge in [-0.05, 0) is 43.3 Å². The van der Waals surface area contributed by atoms with Crippen LogP contribution in [0.25, 0.3) is 0 Å². The van der Waals surface area contributed by atoms with Crippen LogP contribution in [0.2, 0.25) is 0 Å². The molecule has 3 aromatic rings. The fourth-order valence-corrected chi connectivity index (χ4v) is 3.05. The predicted octanol–water partition coefficient (Wildman–Crippen LogP) is 3.24. The number of rotatable bonds is 5. The maximum absolute atomic E-state index is 12.3. The van der Waals surface area contributed by atoms with Crippen LogP contribution >= 0.6 is 0 Å². The minimum Gasteiger partial charge on any atom is -0.507 e. The summed E-state index contributed by atoms with van der Waals surface area (Å²) in [4.78, 5) is 4.30. The summed E-state index contributed by atoms with van der Waals surface area (Å²) in [6, 6.07) is 14.3. The Kier molecular flexibility index (Phi) is 4.53. The van der Waals surface area contributed by atoms with Gasteiger partial charge in [0.05, 0.1) is 10.6 Å². The second kappa shape index (κ2) is 6.78. The molecule has 1 heterocycles. The van der Waals surface area contributed by atoms with Crippen molar-refractivity contribution in [1.82, 2.24) is 5.16 Å². The second-order valence-electron chi connectivity index (χ2n) is 5.24. The summed E-state index contributed by atoms with van der Waals surface area (Å²) < 4.78 is 31.7. The van der Waals surface area contributed by atoms with E-state index < -0.39 is 10.0 Å². The van der Waals surface area contributed by atoms with Crippen molar-refractivity contribution in [2.24, 2.45) is 4.99 Å². The zero-order chi connectivity index (χ0) is 17.9. The molecule has 0 unspecified atom stereocenters. The van der Waals surface area contributed by atoms with E-state index >= 15 is 0 Å². The molecule has 7 nitrogen and oxygen atoms in total. The van der Waals surface area contributed by atoms with Gasteiger partial charge in [-0.3, -0.25) is 9.71 Å². The molecule has 0 aliphatic heterocycles. The molecule has 0 bridgehead atoms. The normalized spacial score (nSPS) is 11.7. The lowest BCUT2D eigenvalue weighted by Crippen LogP contribution is -2.12. The maximum atomic E-state index is 12.3. The van der Waals surface area contributed by atoms with Crippen molar-refractivity contribution in [1.29, 1.82) is 0 Å². The van der Waals surface area contributed by atoms with Crippen LogP contribution in [-0.4, -0.2) is 24.9 Å². The van der Waals surface area contributed by atoms with Crippen LogP contribution in [0.5, 0.6) is 5.75 Å². The molecule has 0 spiro atoms. The maximum Gasteiger partial charge on any atom is 0.263 e. The summed E-state index contributed by atoms with van der Waals surface area (Å²) in [7, 11) is -3.75. The Labute approximate surface area is 144 Å². The van der Waals surface area contributed by atoms with Crippen LogP contribution in [0.4, 0.5) is 11.5 Å². The topological polar surface area (TPSA) is 105 Å². The van der Waals surface area contributed by atoms with Gasteiger partial charge in [0.2, 0.25) is 0 Å². The molecule has 3 rings (SSSR count). The van der Waals surface area contributed by atoms with Crippen LogP contribution in [0.15, 0.2) is 69.0 Å². The number of anilines is 1. The first-order valence-corrected chi connectivity index (χ1v) is 8.81. The Balaban J connectivity index is 1.76.